The first-order valence-corrected chi connectivity index (χ1v) is 11.2. The number of morpholine rings is 1. The zero-order chi connectivity index (χ0) is 20.8. The largest absolute Gasteiger partial charge is 0.492 e. The van der Waals surface area contributed by atoms with E-state index in [0.717, 1.165) is 38.8 Å². The third kappa shape index (κ3) is 5.13. The molecule has 164 valence electrons. The van der Waals surface area contributed by atoms with Gasteiger partial charge in [0.15, 0.2) is 0 Å². The van der Waals surface area contributed by atoms with Crippen LogP contribution in [0.25, 0.3) is 0 Å². The molecule has 7 nitrogen and oxygen atoms in total. The number of benzene rings is 1. The Morgan fingerprint density at radius 1 is 0.933 bits per heavy atom. The fraction of sp³-hybridized carbons (Fsp3) is 0.652. The van der Waals surface area contributed by atoms with E-state index in [1.54, 1.807) is 0 Å². The number of piperidine rings is 1. The van der Waals surface area contributed by atoms with Gasteiger partial charge in [-0.25, -0.2) is 0 Å². The van der Waals surface area contributed by atoms with E-state index >= 15 is 0 Å². The summed E-state index contributed by atoms with van der Waals surface area (Å²) in [5.74, 6) is 1.28. The first-order valence-electron chi connectivity index (χ1n) is 11.2. The van der Waals surface area contributed by atoms with E-state index < -0.39 is 0 Å². The van der Waals surface area contributed by atoms with Crippen molar-refractivity contribution in [3.05, 3.63) is 29.8 Å². The molecular weight excluding hydrogens is 384 g/mol. The average Bonchev–Trinajstić information content (AvgIpc) is 2.83. The molecule has 3 saturated heterocycles. The maximum absolute atomic E-state index is 12.9. The second-order valence-electron chi connectivity index (χ2n) is 8.39. The van der Waals surface area contributed by atoms with Crippen LogP contribution in [0.15, 0.2) is 24.3 Å². The predicted molar refractivity (Wildman–Crippen MR) is 112 cm³/mol. The smallest absolute Gasteiger partial charge is 0.257 e. The van der Waals surface area contributed by atoms with Gasteiger partial charge in [0.1, 0.15) is 5.75 Å². The molecule has 3 aliphatic heterocycles. The Kier molecular flexibility index (Phi) is 7.23. The Bertz CT molecular complexity index is 728. The summed E-state index contributed by atoms with van der Waals surface area (Å²) >= 11 is 0. The molecule has 0 aliphatic carbocycles. The maximum atomic E-state index is 12.9. The van der Waals surface area contributed by atoms with Crippen molar-refractivity contribution in [1.29, 1.82) is 0 Å². The number of para-hydroxylation sites is 1. The fourth-order valence-electron chi connectivity index (χ4n) is 4.52. The molecule has 1 unspecified atom stereocenters. The molecule has 0 bridgehead atoms. The number of amides is 2. The molecule has 3 heterocycles. The summed E-state index contributed by atoms with van der Waals surface area (Å²) in [7, 11) is 0. The number of likely N-dealkylation sites (tertiary alicyclic amines) is 1. The van der Waals surface area contributed by atoms with Crippen molar-refractivity contribution < 1.29 is 23.8 Å². The Morgan fingerprint density at radius 3 is 2.47 bits per heavy atom. The van der Waals surface area contributed by atoms with Crippen LogP contribution in [0.1, 0.15) is 36.0 Å². The Morgan fingerprint density at radius 2 is 1.67 bits per heavy atom. The van der Waals surface area contributed by atoms with Gasteiger partial charge in [-0.15, -0.1) is 0 Å². The third-order valence-electron chi connectivity index (χ3n) is 6.29. The molecule has 1 aromatic rings. The monoisotopic (exact) mass is 416 g/mol. The van der Waals surface area contributed by atoms with Gasteiger partial charge in [0.05, 0.1) is 25.4 Å². The van der Waals surface area contributed by atoms with Gasteiger partial charge in [-0.05, 0) is 37.8 Å². The van der Waals surface area contributed by atoms with E-state index in [-0.39, 0.29) is 23.7 Å². The summed E-state index contributed by atoms with van der Waals surface area (Å²) in [4.78, 5) is 29.6. The van der Waals surface area contributed by atoms with Gasteiger partial charge in [-0.2, -0.15) is 0 Å². The molecule has 1 atom stereocenters. The number of carbonyl (C=O) groups is 2. The highest BCUT2D eigenvalue weighted by Crippen LogP contribution is 2.25. The molecule has 3 aliphatic rings. The highest BCUT2D eigenvalue weighted by atomic mass is 16.5. The maximum Gasteiger partial charge on any atom is 0.257 e. The van der Waals surface area contributed by atoms with Gasteiger partial charge in [0, 0.05) is 51.2 Å². The van der Waals surface area contributed by atoms with E-state index in [9.17, 15) is 9.59 Å². The van der Waals surface area contributed by atoms with Crippen LogP contribution >= 0.6 is 0 Å². The standard InChI is InChI=1S/C23H32N2O5/c26-22(19-7-12-28-13-8-19)25-9-3-4-18(16-25)17-30-21-6-2-1-5-20(21)23(27)24-10-14-29-15-11-24/h1-2,5-6,18-19H,3-4,7-17H2. The number of ether oxygens (including phenoxy) is 3. The van der Waals surface area contributed by atoms with Crippen molar-refractivity contribution in [2.24, 2.45) is 11.8 Å². The summed E-state index contributed by atoms with van der Waals surface area (Å²) in [5, 5.41) is 0. The van der Waals surface area contributed by atoms with Crippen LogP contribution < -0.4 is 4.74 Å². The van der Waals surface area contributed by atoms with Crippen LogP contribution in [0.3, 0.4) is 0 Å². The average molecular weight is 417 g/mol. The lowest BCUT2D eigenvalue weighted by Gasteiger charge is -2.36. The Balaban J connectivity index is 1.34. The minimum absolute atomic E-state index is 0.00568. The van der Waals surface area contributed by atoms with Gasteiger partial charge in [-0.1, -0.05) is 12.1 Å². The van der Waals surface area contributed by atoms with Crippen molar-refractivity contribution in [3.63, 3.8) is 0 Å². The molecular formula is C23H32N2O5. The molecule has 0 N–H and O–H groups in total. The molecule has 2 amide bonds. The normalized spacial score (nSPS) is 23.3. The highest BCUT2D eigenvalue weighted by molar-refractivity contribution is 5.97. The highest BCUT2D eigenvalue weighted by Gasteiger charge is 2.30. The number of carbonyl (C=O) groups excluding carboxylic acids is 2. The van der Waals surface area contributed by atoms with E-state index in [1.807, 2.05) is 34.1 Å². The van der Waals surface area contributed by atoms with Crippen molar-refractivity contribution in [1.82, 2.24) is 9.80 Å². The second kappa shape index (κ2) is 10.3. The van der Waals surface area contributed by atoms with Crippen LogP contribution in [-0.2, 0) is 14.3 Å². The number of hydrogen-bond donors (Lipinski definition) is 0. The minimum Gasteiger partial charge on any atom is -0.492 e. The van der Waals surface area contributed by atoms with Crippen LogP contribution in [0, 0.1) is 11.8 Å². The molecule has 4 rings (SSSR count). The lowest BCUT2D eigenvalue weighted by Crippen LogP contribution is -2.45. The van der Waals surface area contributed by atoms with Crippen molar-refractivity contribution in [3.8, 4) is 5.75 Å². The number of rotatable bonds is 5. The van der Waals surface area contributed by atoms with Crippen LogP contribution in [0.2, 0.25) is 0 Å². The van der Waals surface area contributed by atoms with E-state index in [0.29, 0.717) is 57.4 Å². The zero-order valence-electron chi connectivity index (χ0n) is 17.6. The molecule has 3 fully saturated rings. The van der Waals surface area contributed by atoms with Gasteiger partial charge >= 0.3 is 0 Å². The first-order chi connectivity index (χ1) is 14.7. The third-order valence-corrected chi connectivity index (χ3v) is 6.29. The Labute approximate surface area is 178 Å². The van der Waals surface area contributed by atoms with Gasteiger partial charge < -0.3 is 24.0 Å². The van der Waals surface area contributed by atoms with Crippen LogP contribution in [-0.4, -0.2) is 80.8 Å². The van der Waals surface area contributed by atoms with Gasteiger partial charge in [-0.3, -0.25) is 9.59 Å². The SMILES string of the molecule is O=C(c1ccccc1OCC1CCCN(C(=O)C2CCOCC2)C1)N1CCOCC1. The molecule has 0 spiro atoms. The van der Waals surface area contributed by atoms with Crippen molar-refractivity contribution in [2.75, 3.05) is 59.2 Å². The summed E-state index contributed by atoms with van der Waals surface area (Å²) in [6, 6.07) is 7.46. The zero-order valence-corrected chi connectivity index (χ0v) is 17.6. The van der Waals surface area contributed by atoms with Crippen LogP contribution in [0.5, 0.6) is 5.75 Å². The molecule has 7 heteroatoms. The summed E-state index contributed by atoms with van der Waals surface area (Å²) < 4.78 is 16.9. The van der Waals surface area contributed by atoms with Crippen LogP contribution in [0.4, 0.5) is 0 Å². The van der Waals surface area contributed by atoms with E-state index in [2.05, 4.69) is 0 Å². The topological polar surface area (TPSA) is 68.3 Å². The lowest BCUT2D eigenvalue weighted by molar-refractivity contribution is -0.140. The number of nitrogens with zero attached hydrogens (tertiary/aromatic N) is 2. The summed E-state index contributed by atoms with van der Waals surface area (Å²) in [6.45, 7) is 5.83. The summed E-state index contributed by atoms with van der Waals surface area (Å²) in [6.07, 6.45) is 3.69. The number of hydrogen-bond acceptors (Lipinski definition) is 5. The molecule has 30 heavy (non-hydrogen) atoms. The van der Waals surface area contributed by atoms with Gasteiger partial charge in [0.2, 0.25) is 5.91 Å². The second-order valence-corrected chi connectivity index (χ2v) is 8.39. The minimum atomic E-state index is -0.00568. The van der Waals surface area contributed by atoms with Crippen molar-refractivity contribution in [2.45, 2.75) is 25.7 Å². The molecule has 0 radical (unpaired) electrons. The first kappa shape index (κ1) is 21.1. The van der Waals surface area contributed by atoms with Crippen molar-refractivity contribution >= 4 is 11.8 Å². The quantitative estimate of drug-likeness (QED) is 0.736. The summed E-state index contributed by atoms with van der Waals surface area (Å²) in [5.41, 5.74) is 0.602. The molecule has 0 aromatic heterocycles. The Hall–Kier alpha value is -2.12. The molecule has 0 saturated carbocycles. The lowest BCUT2D eigenvalue weighted by atomic mass is 9.94. The van der Waals surface area contributed by atoms with E-state index in [1.165, 1.54) is 0 Å². The fourth-order valence-corrected chi connectivity index (χ4v) is 4.52. The predicted octanol–water partition coefficient (Wildman–Crippen LogP) is 2.20. The molecule has 1 aromatic carbocycles. The van der Waals surface area contributed by atoms with E-state index in [4.69, 9.17) is 14.2 Å². The van der Waals surface area contributed by atoms with Gasteiger partial charge in [0.25, 0.3) is 5.91 Å².